The SMILES string of the molecule is Cn1nc(-c2cc[n+](C)cc2)nc1C(F)(F)C(F)(F)C(F)(F)C(F)(F)C(F)(F)C(F)(F)C(F)(F)F. The van der Waals surface area contributed by atoms with Gasteiger partial charge in [-0.25, -0.2) is 14.2 Å². The minimum atomic E-state index is -8.36. The largest absolute Gasteiger partial charge is 0.460 e. The predicted molar refractivity (Wildman–Crippen MR) is 82.3 cm³/mol. The van der Waals surface area contributed by atoms with Crippen LogP contribution in [0.3, 0.4) is 0 Å². The Morgan fingerprint density at radius 3 is 1.49 bits per heavy atom. The number of aryl methyl sites for hydroxylation is 2. The highest BCUT2D eigenvalue weighted by atomic mass is 19.4. The number of nitrogens with zero attached hydrogens (tertiary/aromatic N) is 4. The third-order valence-electron chi connectivity index (χ3n) is 4.61. The summed E-state index contributed by atoms with van der Waals surface area (Å²) in [5.74, 6) is -50.6. The highest BCUT2D eigenvalue weighted by Crippen LogP contribution is 2.63. The molecule has 19 heteroatoms. The minimum absolute atomic E-state index is 0.211. The number of halogens is 15. The van der Waals surface area contributed by atoms with Crippen molar-refractivity contribution in [2.45, 2.75) is 41.7 Å². The average molecular weight is 543 g/mol. The van der Waals surface area contributed by atoms with Crippen LogP contribution in [0.2, 0.25) is 0 Å². The molecule has 0 spiro atoms. The average Bonchev–Trinajstić information content (AvgIpc) is 3.09. The molecule has 2 heterocycles. The topological polar surface area (TPSA) is 34.6 Å². The summed E-state index contributed by atoms with van der Waals surface area (Å²) in [6, 6.07) is 2.19. The Hall–Kier alpha value is -2.76. The molecule has 0 fully saturated rings. The highest BCUT2D eigenvalue weighted by molar-refractivity contribution is 5.52. The Labute approximate surface area is 184 Å². The van der Waals surface area contributed by atoms with E-state index in [0.29, 0.717) is 7.05 Å². The molecule has 2 aromatic heterocycles. The van der Waals surface area contributed by atoms with E-state index in [9.17, 15) is 65.9 Å². The first kappa shape index (κ1) is 28.5. The number of hydrogen-bond donors (Lipinski definition) is 0. The molecule has 0 atom stereocenters. The van der Waals surface area contributed by atoms with Crippen LogP contribution < -0.4 is 4.57 Å². The van der Waals surface area contributed by atoms with Gasteiger partial charge in [0.15, 0.2) is 18.2 Å². The second kappa shape index (κ2) is 7.87. The van der Waals surface area contributed by atoms with Gasteiger partial charge >= 0.3 is 41.7 Å². The van der Waals surface area contributed by atoms with E-state index in [1.165, 1.54) is 24.0 Å². The monoisotopic (exact) mass is 543 g/mol. The van der Waals surface area contributed by atoms with Gasteiger partial charge in [0.2, 0.25) is 5.82 Å². The maximum atomic E-state index is 14.4. The van der Waals surface area contributed by atoms with Crippen molar-refractivity contribution >= 4 is 0 Å². The van der Waals surface area contributed by atoms with Crippen molar-refractivity contribution in [3.63, 3.8) is 0 Å². The minimum Gasteiger partial charge on any atom is -0.247 e. The van der Waals surface area contributed by atoms with Crippen LogP contribution in [0.15, 0.2) is 24.5 Å². The first-order valence-electron chi connectivity index (χ1n) is 8.58. The fraction of sp³-hybridized carbons (Fsp3) is 0.562. The van der Waals surface area contributed by atoms with Crippen molar-refractivity contribution in [2.75, 3.05) is 0 Å². The van der Waals surface area contributed by atoms with Gasteiger partial charge in [0, 0.05) is 24.7 Å². The molecule has 198 valence electrons. The van der Waals surface area contributed by atoms with Gasteiger partial charge in [-0.3, -0.25) is 0 Å². The molecule has 35 heavy (non-hydrogen) atoms. The quantitative estimate of drug-likeness (QED) is 0.359. The number of pyridine rings is 1. The molecule has 2 aromatic rings. The van der Waals surface area contributed by atoms with E-state index in [4.69, 9.17) is 0 Å². The molecule has 2 rings (SSSR count). The van der Waals surface area contributed by atoms with Crippen LogP contribution in [0.25, 0.3) is 11.4 Å². The highest BCUT2D eigenvalue weighted by Gasteiger charge is 2.93. The van der Waals surface area contributed by atoms with Crippen LogP contribution in [0.5, 0.6) is 0 Å². The van der Waals surface area contributed by atoms with Crippen LogP contribution >= 0.6 is 0 Å². The maximum Gasteiger partial charge on any atom is 0.460 e. The first-order chi connectivity index (χ1) is 15.4. The van der Waals surface area contributed by atoms with E-state index in [1.807, 2.05) is 0 Å². The summed E-state index contributed by atoms with van der Waals surface area (Å²) in [5.41, 5.74) is -0.211. The molecule has 0 aromatic carbocycles. The molecule has 0 N–H and O–H groups in total. The molecule has 0 aliphatic heterocycles. The third kappa shape index (κ3) is 3.85. The Kier molecular flexibility index (Phi) is 6.41. The summed E-state index contributed by atoms with van der Waals surface area (Å²) in [6.45, 7) is 0. The van der Waals surface area contributed by atoms with E-state index in [2.05, 4.69) is 10.1 Å². The zero-order chi connectivity index (χ0) is 27.6. The number of alkyl halides is 15. The van der Waals surface area contributed by atoms with Gasteiger partial charge in [0.1, 0.15) is 7.05 Å². The third-order valence-corrected chi connectivity index (χ3v) is 4.61. The standard InChI is InChI=1S/C16H10F15N4/c1-34-5-3-7(4-6-34)8-32-9(35(2)33-8)10(17,18)11(19,20)12(21,22)13(23,24)14(25,26)15(27,28)16(29,30)31/h3-6H,1-2H3/q+1. The summed E-state index contributed by atoms with van der Waals surface area (Å²) >= 11 is 0. The number of hydrogen-bond acceptors (Lipinski definition) is 2. The van der Waals surface area contributed by atoms with Crippen molar-refractivity contribution in [1.29, 1.82) is 0 Å². The van der Waals surface area contributed by atoms with E-state index < -0.39 is 53.4 Å². The summed E-state index contributed by atoms with van der Waals surface area (Å²) in [5, 5.41) is 3.19. The Morgan fingerprint density at radius 1 is 0.657 bits per heavy atom. The second-order valence-corrected chi connectivity index (χ2v) is 7.08. The molecule has 0 aliphatic rings. The molecular formula is C16H10F15N4+. The van der Waals surface area contributed by atoms with Crippen LogP contribution in [0.4, 0.5) is 65.9 Å². The van der Waals surface area contributed by atoms with Gasteiger partial charge in [-0.15, -0.1) is 0 Å². The summed E-state index contributed by atoms with van der Waals surface area (Å²) in [7, 11) is 1.84. The Morgan fingerprint density at radius 2 is 1.06 bits per heavy atom. The lowest BCUT2D eigenvalue weighted by molar-refractivity contribution is -0.671. The molecule has 0 amide bonds. The summed E-state index contributed by atoms with van der Waals surface area (Å²) < 4.78 is 202. The molecule has 0 aliphatic carbocycles. The molecule has 0 saturated heterocycles. The number of rotatable bonds is 7. The Balaban J connectivity index is 2.63. The van der Waals surface area contributed by atoms with Gasteiger partial charge in [-0.2, -0.15) is 71.0 Å². The normalized spacial score (nSPS) is 15.0. The lowest BCUT2D eigenvalue weighted by atomic mass is 9.91. The number of aromatic nitrogens is 4. The van der Waals surface area contributed by atoms with Crippen molar-refractivity contribution < 1.29 is 70.4 Å². The van der Waals surface area contributed by atoms with Gasteiger partial charge < -0.3 is 0 Å². The van der Waals surface area contributed by atoms with Gasteiger partial charge in [0.25, 0.3) is 0 Å². The van der Waals surface area contributed by atoms with Crippen molar-refractivity contribution in [1.82, 2.24) is 14.8 Å². The van der Waals surface area contributed by atoms with Gasteiger partial charge in [-0.1, -0.05) is 0 Å². The van der Waals surface area contributed by atoms with Crippen molar-refractivity contribution in [3.8, 4) is 11.4 Å². The molecule has 0 saturated carbocycles. The van der Waals surface area contributed by atoms with Crippen molar-refractivity contribution in [2.24, 2.45) is 14.1 Å². The van der Waals surface area contributed by atoms with Crippen LogP contribution in [-0.4, -0.2) is 50.6 Å². The summed E-state index contributed by atoms with van der Waals surface area (Å²) in [4.78, 5) is 2.81. The molecular weight excluding hydrogens is 533 g/mol. The summed E-state index contributed by atoms with van der Waals surface area (Å²) in [6.07, 6.45) is -5.16. The lowest BCUT2D eigenvalue weighted by Crippen LogP contribution is -2.72. The smallest absolute Gasteiger partial charge is 0.247 e. The van der Waals surface area contributed by atoms with E-state index >= 15 is 0 Å². The van der Waals surface area contributed by atoms with Crippen LogP contribution in [-0.2, 0) is 20.0 Å². The van der Waals surface area contributed by atoms with Gasteiger partial charge in [0.05, 0.1) is 0 Å². The molecule has 0 unspecified atom stereocenters. The van der Waals surface area contributed by atoms with E-state index in [0.717, 1.165) is 12.1 Å². The van der Waals surface area contributed by atoms with E-state index in [-0.39, 0.29) is 10.2 Å². The first-order valence-corrected chi connectivity index (χ1v) is 8.58. The molecule has 0 radical (unpaired) electrons. The maximum absolute atomic E-state index is 14.4. The van der Waals surface area contributed by atoms with E-state index in [1.54, 1.807) is 0 Å². The molecule has 0 bridgehead atoms. The zero-order valence-corrected chi connectivity index (χ0v) is 16.8. The zero-order valence-electron chi connectivity index (χ0n) is 16.8. The Bertz CT molecular complexity index is 1070. The predicted octanol–water partition coefficient (Wildman–Crippen LogP) is 5.14. The molecule has 4 nitrogen and oxygen atoms in total. The van der Waals surface area contributed by atoms with Crippen molar-refractivity contribution in [3.05, 3.63) is 30.4 Å². The fourth-order valence-electron chi connectivity index (χ4n) is 2.54. The fourth-order valence-corrected chi connectivity index (χ4v) is 2.54. The van der Waals surface area contributed by atoms with Crippen LogP contribution in [0.1, 0.15) is 5.82 Å². The van der Waals surface area contributed by atoms with Gasteiger partial charge in [-0.05, 0) is 0 Å². The van der Waals surface area contributed by atoms with Crippen LogP contribution in [0, 0.1) is 0 Å². The lowest BCUT2D eigenvalue weighted by Gasteiger charge is -2.41. The second-order valence-electron chi connectivity index (χ2n) is 7.08.